The molecule has 3 atom stereocenters. The molecule has 1 heterocycles. The van der Waals surface area contributed by atoms with Crippen molar-refractivity contribution >= 4 is 23.9 Å². The molecular weight excluding hydrogens is 450 g/mol. The van der Waals surface area contributed by atoms with Crippen molar-refractivity contribution in [3.8, 4) is 11.1 Å². The first-order chi connectivity index (χ1) is 16.8. The number of fused-ring (bicyclic) bond motifs is 3. The Morgan fingerprint density at radius 2 is 1.71 bits per heavy atom. The number of nitrogens with one attached hydrogen (secondary N) is 3. The maximum Gasteiger partial charge on any atom is 0.407 e. The van der Waals surface area contributed by atoms with E-state index in [1.54, 1.807) is 0 Å². The van der Waals surface area contributed by atoms with Crippen LogP contribution in [0.3, 0.4) is 0 Å². The van der Waals surface area contributed by atoms with E-state index in [1.165, 1.54) is 0 Å². The number of aliphatic carboxylic acids is 1. The van der Waals surface area contributed by atoms with E-state index in [9.17, 15) is 19.2 Å². The molecule has 184 valence electrons. The quantitative estimate of drug-likeness (QED) is 0.436. The van der Waals surface area contributed by atoms with Gasteiger partial charge in [-0.2, -0.15) is 0 Å². The minimum Gasteiger partial charge on any atom is -0.481 e. The van der Waals surface area contributed by atoms with Crippen LogP contribution in [-0.4, -0.2) is 54.7 Å². The van der Waals surface area contributed by atoms with Crippen molar-refractivity contribution in [2.24, 2.45) is 11.8 Å². The average molecular weight is 480 g/mol. The summed E-state index contributed by atoms with van der Waals surface area (Å²) in [6.45, 7) is 2.44. The van der Waals surface area contributed by atoms with E-state index in [4.69, 9.17) is 9.84 Å². The Balaban J connectivity index is 1.20. The molecule has 0 aromatic heterocycles. The highest BCUT2D eigenvalue weighted by molar-refractivity contribution is 5.94. The van der Waals surface area contributed by atoms with Crippen LogP contribution in [0.1, 0.15) is 36.8 Å². The molecule has 0 radical (unpaired) electrons. The fraction of sp³-hybridized carbons (Fsp3) is 0.385. The van der Waals surface area contributed by atoms with Gasteiger partial charge in [-0.15, -0.1) is 0 Å². The van der Waals surface area contributed by atoms with Crippen molar-refractivity contribution in [2.45, 2.75) is 31.7 Å². The van der Waals surface area contributed by atoms with Gasteiger partial charge >= 0.3 is 12.1 Å². The molecule has 2 aliphatic rings. The molecule has 0 saturated carbocycles. The predicted molar refractivity (Wildman–Crippen MR) is 128 cm³/mol. The number of amides is 3. The van der Waals surface area contributed by atoms with Gasteiger partial charge in [0, 0.05) is 25.4 Å². The Morgan fingerprint density at radius 1 is 1.09 bits per heavy atom. The zero-order chi connectivity index (χ0) is 24.9. The molecule has 1 aliphatic carbocycles. The van der Waals surface area contributed by atoms with Gasteiger partial charge in [0.15, 0.2) is 0 Å². The number of ether oxygens (including phenoxy) is 1. The smallest absolute Gasteiger partial charge is 0.407 e. The molecule has 1 fully saturated rings. The van der Waals surface area contributed by atoms with Crippen LogP contribution in [0.2, 0.25) is 0 Å². The summed E-state index contributed by atoms with van der Waals surface area (Å²) in [6, 6.07) is 15.2. The third kappa shape index (κ3) is 5.45. The van der Waals surface area contributed by atoms with Crippen molar-refractivity contribution in [3.05, 3.63) is 59.7 Å². The molecule has 0 spiro atoms. The van der Waals surface area contributed by atoms with Crippen molar-refractivity contribution in [1.29, 1.82) is 0 Å². The number of carboxylic acids is 1. The maximum absolute atomic E-state index is 12.3. The molecule has 2 aromatic carbocycles. The molecule has 2 aromatic rings. The summed E-state index contributed by atoms with van der Waals surface area (Å²) in [6.07, 6.45) is 0.0562. The first-order valence-corrected chi connectivity index (χ1v) is 11.7. The standard InChI is InChI=1S/C26H29N3O6/c1-15(10-11-22(30)29-23-20(25(32)33)13-27-24(23)31)12-28-26(34)35-14-21-18-8-4-2-6-16(18)17-7-3-5-9-19(17)21/h2-9,15,20-21,23H,10-14H2,1H3,(H,27,31)(H,28,34)(H,29,30)(H,32,33). The molecule has 9 nitrogen and oxygen atoms in total. The maximum atomic E-state index is 12.3. The molecule has 4 rings (SSSR count). The Hall–Kier alpha value is -3.88. The van der Waals surface area contributed by atoms with Crippen LogP contribution in [0.4, 0.5) is 4.79 Å². The second kappa shape index (κ2) is 10.6. The number of hydrogen-bond donors (Lipinski definition) is 4. The highest BCUT2D eigenvalue weighted by atomic mass is 16.5. The second-order valence-corrected chi connectivity index (χ2v) is 9.09. The molecular formula is C26H29N3O6. The van der Waals surface area contributed by atoms with Crippen LogP contribution in [0.15, 0.2) is 48.5 Å². The summed E-state index contributed by atoms with van der Waals surface area (Å²) in [7, 11) is 0. The first kappa shape index (κ1) is 24.3. The molecule has 1 saturated heterocycles. The third-order valence-electron chi connectivity index (χ3n) is 6.62. The predicted octanol–water partition coefficient (Wildman–Crippen LogP) is 2.26. The highest BCUT2D eigenvalue weighted by Gasteiger charge is 2.40. The number of benzene rings is 2. The van der Waals surface area contributed by atoms with Crippen molar-refractivity contribution in [2.75, 3.05) is 19.7 Å². The van der Waals surface area contributed by atoms with Gasteiger partial charge in [-0.3, -0.25) is 14.4 Å². The Morgan fingerprint density at radius 3 is 2.34 bits per heavy atom. The summed E-state index contributed by atoms with van der Waals surface area (Å²) < 4.78 is 5.52. The van der Waals surface area contributed by atoms with Crippen LogP contribution < -0.4 is 16.0 Å². The second-order valence-electron chi connectivity index (χ2n) is 9.09. The number of carbonyl (C=O) groups excluding carboxylic acids is 3. The molecule has 4 N–H and O–H groups in total. The van der Waals surface area contributed by atoms with Crippen LogP contribution in [0.25, 0.3) is 11.1 Å². The lowest BCUT2D eigenvalue weighted by molar-refractivity contribution is -0.143. The molecule has 9 heteroatoms. The van der Waals surface area contributed by atoms with E-state index in [1.807, 2.05) is 31.2 Å². The summed E-state index contributed by atoms with van der Waals surface area (Å²) in [5.74, 6) is -3.03. The van der Waals surface area contributed by atoms with Gasteiger partial charge in [-0.1, -0.05) is 55.5 Å². The fourth-order valence-electron chi connectivity index (χ4n) is 4.65. The van der Waals surface area contributed by atoms with Crippen LogP contribution in [0.5, 0.6) is 0 Å². The minimum absolute atomic E-state index is 0.000422. The summed E-state index contributed by atoms with van der Waals surface area (Å²) >= 11 is 0. The monoisotopic (exact) mass is 479 g/mol. The third-order valence-corrected chi connectivity index (χ3v) is 6.62. The van der Waals surface area contributed by atoms with Crippen molar-refractivity contribution in [3.63, 3.8) is 0 Å². The van der Waals surface area contributed by atoms with Gasteiger partial charge in [0.2, 0.25) is 11.8 Å². The van der Waals surface area contributed by atoms with Gasteiger partial charge < -0.3 is 25.8 Å². The fourth-order valence-corrected chi connectivity index (χ4v) is 4.65. The average Bonchev–Trinajstić information content (AvgIpc) is 3.38. The van der Waals surface area contributed by atoms with E-state index >= 15 is 0 Å². The topological polar surface area (TPSA) is 134 Å². The van der Waals surface area contributed by atoms with Gasteiger partial charge in [0.1, 0.15) is 18.6 Å². The summed E-state index contributed by atoms with van der Waals surface area (Å²) in [5, 5.41) is 16.9. The zero-order valence-electron chi connectivity index (χ0n) is 19.5. The summed E-state index contributed by atoms with van der Waals surface area (Å²) in [4.78, 5) is 47.5. The Labute approximate surface area is 203 Å². The number of rotatable bonds is 9. The van der Waals surface area contributed by atoms with Gasteiger partial charge in [-0.05, 0) is 34.6 Å². The number of alkyl carbamates (subject to hydrolysis) is 1. The number of hydrogen-bond acceptors (Lipinski definition) is 5. The normalized spacial score (nSPS) is 19.3. The van der Waals surface area contributed by atoms with Crippen LogP contribution in [-0.2, 0) is 19.1 Å². The van der Waals surface area contributed by atoms with Crippen LogP contribution >= 0.6 is 0 Å². The lowest BCUT2D eigenvalue weighted by Gasteiger charge is -2.17. The highest BCUT2D eigenvalue weighted by Crippen LogP contribution is 2.44. The summed E-state index contributed by atoms with van der Waals surface area (Å²) in [5.41, 5.74) is 4.60. The Bertz CT molecular complexity index is 1090. The SMILES string of the molecule is CC(CCC(=O)NC1C(=O)NCC1C(=O)O)CNC(=O)OCC1c2ccccc2-c2ccccc21. The van der Waals surface area contributed by atoms with Gasteiger partial charge in [0.25, 0.3) is 0 Å². The van der Waals surface area contributed by atoms with Crippen molar-refractivity contribution in [1.82, 2.24) is 16.0 Å². The Kier molecular flexibility index (Phi) is 7.33. The van der Waals surface area contributed by atoms with Gasteiger partial charge in [0.05, 0.1) is 0 Å². The first-order valence-electron chi connectivity index (χ1n) is 11.7. The number of carbonyl (C=O) groups is 4. The lowest BCUT2D eigenvalue weighted by atomic mass is 9.98. The van der Waals surface area contributed by atoms with E-state index < -0.39 is 35.8 Å². The molecule has 35 heavy (non-hydrogen) atoms. The molecule has 0 bridgehead atoms. The minimum atomic E-state index is -1.13. The van der Waals surface area contributed by atoms with Gasteiger partial charge in [-0.25, -0.2) is 4.79 Å². The largest absolute Gasteiger partial charge is 0.481 e. The van der Waals surface area contributed by atoms with E-state index in [2.05, 4.69) is 40.2 Å². The van der Waals surface area contributed by atoms with E-state index in [0.717, 1.165) is 22.3 Å². The number of carboxylic acid groups (broad SMARTS) is 1. The molecule has 1 aliphatic heterocycles. The van der Waals surface area contributed by atoms with Crippen molar-refractivity contribution < 1.29 is 29.0 Å². The molecule has 3 amide bonds. The van der Waals surface area contributed by atoms with Crippen LogP contribution in [0, 0.1) is 11.8 Å². The lowest BCUT2D eigenvalue weighted by Crippen LogP contribution is -2.45. The molecule has 3 unspecified atom stereocenters. The zero-order valence-corrected chi connectivity index (χ0v) is 19.5. The van der Waals surface area contributed by atoms with E-state index in [0.29, 0.717) is 13.0 Å². The van der Waals surface area contributed by atoms with E-state index in [-0.39, 0.29) is 31.4 Å².